The van der Waals surface area contributed by atoms with E-state index >= 15 is 0 Å². The average Bonchev–Trinajstić information content (AvgIpc) is 3.84. The number of imide groups is 1. The van der Waals surface area contributed by atoms with Gasteiger partial charge in [0.05, 0.1) is 17.9 Å². The van der Waals surface area contributed by atoms with Crippen LogP contribution in [0.3, 0.4) is 0 Å². The Hall–Kier alpha value is -6.08. The quantitative estimate of drug-likeness (QED) is 0.0601. The molecule has 0 aliphatic carbocycles. The molecule has 13 heteroatoms. The first-order chi connectivity index (χ1) is 31.3. The molecular weight excluding hydrogens is 805 g/mol. The molecule has 64 heavy (non-hydrogen) atoms. The van der Waals surface area contributed by atoms with Gasteiger partial charge in [0.1, 0.15) is 17.6 Å². The van der Waals surface area contributed by atoms with Crippen LogP contribution >= 0.6 is 0 Å². The fraction of sp³-hybridized carbons (Fsp3) is 0.451. The molecule has 1 atom stereocenters. The van der Waals surface area contributed by atoms with E-state index in [0.717, 1.165) is 98.8 Å². The van der Waals surface area contributed by atoms with Gasteiger partial charge in [0, 0.05) is 67.5 Å². The molecule has 2 N–H and O–H groups in total. The summed E-state index contributed by atoms with van der Waals surface area (Å²) in [6.45, 7) is 10.1. The van der Waals surface area contributed by atoms with Crippen molar-refractivity contribution >= 4 is 35.1 Å². The number of likely N-dealkylation sites (N-methyl/N-ethyl adjacent to an activating group) is 1. The lowest BCUT2D eigenvalue weighted by Gasteiger charge is -2.35. The van der Waals surface area contributed by atoms with Crippen LogP contribution in [0.15, 0.2) is 78.9 Å². The Morgan fingerprint density at radius 3 is 2.28 bits per heavy atom. The van der Waals surface area contributed by atoms with Gasteiger partial charge in [-0.25, -0.2) is 4.98 Å². The van der Waals surface area contributed by atoms with Gasteiger partial charge in [-0.1, -0.05) is 113 Å². The van der Waals surface area contributed by atoms with Crippen LogP contribution in [0.25, 0.3) is 28.0 Å². The van der Waals surface area contributed by atoms with Gasteiger partial charge in [-0.2, -0.15) is 9.61 Å². The largest absolute Gasteiger partial charge is 0.483 e. The number of unbranched alkanes of at least 4 members (excludes halogenated alkanes) is 8. The third-order valence-corrected chi connectivity index (χ3v) is 13.1. The molecule has 0 spiro atoms. The maximum atomic E-state index is 13.1. The molecule has 13 nitrogen and oxygen atoms in total. The van der Waals surface area contributed by atoms with Crippen molar-refractivity contribution in [2.45, 2.75) is 103 Å². The second kappa shape index (κ2) is 21.1. The maximum Gasteiger partial charge on any atom is 0.257 e. The highest BCUT2D eigenvalue weighted by molar-refractivity contribution is 6.05. The Bertz CT molecular complexity index is 2440. The summed E-state index contributed by atoms with van der Waals surface area (Å²) in [6.07, 6.45) is 11.8. The molecule has 3 aliphatic heterocycles. The van der Waals surface area contributed by atoms with Crippen LogP contribution in [-0.2, 0) is 27.3 Å². The second-order valence-corrected chi connectivity index (χ2v) is 17.4. The van der Waals surface area contributed by atoms with Crippen LogP contribution < -0.4 is 20.3 Å². The Morgan fingerprint density at radius 2 is 1.53 bits per heavy atom. The van der Waals surface area contributed by atoms with E-state index in [0.29, 0.717) is 29.8 Å². The minimum atomic E-state index is -0.700. The molecule has 0 bridgehead atoms. The predicted molar refractivity (Wildman–Crippen MR) is 249 cm³/mol. The third-order valence-electron chi connectivity index (χ3n) is 13.1. The number of piperidine rings is 1. The number of hydrogen-bond donors (Lipinski definition) is 2. The smallest absolute Gasteiger partial charge is 0.257 e. The number of hydrogen-bond acceptors (Lipinski definition) is 9. The van der Waals surface area contributed by atoms with Crippen LogP contribution in [0.5, 0.6) is 5.75 Å². The van der Waals surface area contributed by atoms with E-state index in [1.54, 1.807) is 18.2 Å². The standard InChI is InChI=1S/C51H62N8O5/c1-3-56-29-31-57(32-30-56)47-33-42(38-21-13-11-14-22-38)53-49-48(36(2)55-59(47)49)39-23-16-15-20-37(39)19-12-9-7-5-4-6-8-10-17-28-52-46(61)35-64-44-25-18-24-40-41(44)34-58(51(40)63)43-26-27-45(60)54-50(43)62/h11,13-16,18,20-25,33,43H,3-10,12,17,19,26-32,34-35H2,1-2H3,(H,52,61)(H,54,60,62). The summed E-state index contributed by atoms with van der Waals surface area (Å²) in [4.78, 5) is 61.5. The lowest BCUT2D eigenvalue weighted by atomic mass is 9.95. The molecule has 0 radical (unpaired) electrons. The van der Waals surface area contributed by atoms with E-state index in [-0.39, 0.29) is 37.3 Å². The normalized spacial score (nSPS) is 16.7. The number of carbonyl (C=O) groups is 4. The number of amides is 4. The van der Waals surface area contributed by atoms with Gasteiger partial charge in [-0.15, -0.1) is 0 Å². The molecule has 2 saturated heterocycles. The van der Waals surface area contributed by atoms with E-state index < -0.39 is 11.9 Å². The van der Waals surface area contributed by atoms with Crippen molar-refractivity contribution in [1.82, 2.24) is 35.0 Å². The van der Waals surface area contributed by atoms with Crippen molar-refractivity contribution in [1.29, 1.82) is 0 Å². The fourth-order valence-corrected chi connectivity index (χ4v) is 9.47. The summed E-state index contributed by atoms with van der Waals surface area (Å²) in [5.41, 5.74) is 8.84. The number of carbonyl (C=O) groups excluding carboxylic acids is 4. The van der Waals surface area contributed by atoms with Crippen molar-refractivity contribution in [2.24, 2.45) is 0 Å². The average molecular weight is 867 g/mol. The number of rotatable bonds is 20. The summed E-state index contributed by atoms with van der Waals surface area (Å²) in [5, 5.41) is 10.4. The van der Waals surface area contributed by atoms with E-state index in [9.17, 15) is 19.2 Å². The van der Waals surface area contributed by atoms with Crippen LogP contribution in [0, 0.1) is 6.92 Å². The first kappa shape index (κ1) is 44.5. The van der Waals surface area contributed by atoms with Crippen LogP contribution in [0.2, 0.25) is 0 Å². The van der Waals surface area contributed by atoms with Crippen molar-refractivity contribution in [2.75, 3.05) is 50.8 Å². The minimum Gasteiger partial charge on any atom is -0.483 e. The zero-order chi connectivity index (χ0) is 44.4. The molecule has 3 aromatic carbocycles. The Morgan fingerprint density at radius 1 is 0.828 bits per heavy atom. The number of benzene rings is 3. The van der Waals surface area contributed by atoms with Gasteiger partial charge in [0.15, 0.2) is 12.3 Å². The first-order valence-corrected chi connectivity index (χ1v) is 23.5. The molecular formula is C51H62N8O5. The number of fused-ring (bicyclic) bond motifs is 2. The van der Waals surface area contributed by atoms with Gasteiger partial charge in [0.25, 0.3) is 11.8 Å². The van der Waals surface area contributed by atoms with E-state index in [1.165, 1.54) is 48.1 Å². The number of nitrogens with zero attached hydrogens (tertiary/aromatic N) is 6. The fourth-order valence-electron chi connectivity index (χ4n) is 9.47. The monoisotopic (exact) mass is 866 g/mol. The number of anilines is 1. The summed E-state index contributed by atoms with van der Waals surface area (Å²) in [6, 6.07) is 26.0. The summed E-state index contributed by atoms with van der Waals surface area (Å²) in [7, 11) is 0. The predicted octanol–water partition coefficient (Wildman–Crippen LogP) is 7.52. The van der Waals surface area contributed by atoms with Crippen molar-refractivity contribution in [3.8, 4) is 28.1 Å². The molecule has 5 heterocycles. The highest BCUT2D eigenvalue weighted by atomic mass is 16.5. The lowest BCUT2D eigenvalue weighted by molar-refractivity contribution is -0.137. The van der Waals surface area contributed by atoms with Crippen molar-refractivity contribution in [3.05, 3.63) is 101 Å². The van der Waals surface area contributed by atoms with E-state index in [2.05, 4.69) is 99.5 Å². The number of nitrogens with one attached hydrogen (secondary N) is 2. The Kier molecular flexibility index (Phi) is 14.7. The molecule has 2 aromatic heterocycles. The third kappa shape index (κ3) is 10.3. The summed E-state index contributed by atoms with van der Waals surface area (Å²) >= 11 is 0. The molecule has 336 valence electrons. The van der Waals surface area contributed by atoms with Crippen LogP contribution in [0.1, 0.15) is 105 Å². The van der Waals surface area contributed by atoms with Gasteiger partial charge < -0.3 is 24.8 Å². The zero-order valence-corrected chi connectivity index (χ0v) is 37.4. The molecule has 8 rings (SSSR count). The molecule has 0 saturated carbocycles. The number of piperazine rings is 1. The highest BCUT2D eigenvalue weighted by Gasteiger charge is 2.40. The van der Waals surface area contributed by atoms with Gasteiger partial charge in [0.2, 0.25) is 11.8 Å². The second-order valence-electron chi connectivity index (χ2n) is 17.4. The molecule has 5 aromatic rings. The van der Waals surface area contributed by atoms with Crippen LogP contribution in [-0.4, -0.2) is 99.9 Å². The van der Waals surface area contributed by atoms with Crippen molar-refractivity contribution < 1.29 is 23.9 Å². The number of aryl methyl sites for hydroxylation is 2. The summed E-state index contributed by atoms with van der Waals surface area (Å²) in [5.74, 6) is 0.307. The summed E-state index contributed by atoms with van der Waals surface area (Å²) < 4.78 is 7.94. The number of aromatic nitrogens is 3. The molecule has 1 unspecified atom stereocenters. The minimum absolute atomic E-state index is 0.153. The number of ether oxygens (including phenoxy) is 1. The SMILES string of the molecule is CCN1CCN(c2cc(-c3ccccc3)nc3c(-c4ccccc4CCCCCCCCCCCNC(=O)COc4cccc5c4CN(C4CCC(=O)NC4=O)C5=O)c(C)nn23)CC1. The zero-order valence-electron chi connectivity index (χ0n) is 37.4. The van der Waals surface area contributed by atoms with Gasteiger partial charge in [-0.05, 0) is 62.4 Å². The maximum absolute atomic E-state index is 13.1. The van der Waals surface area contributed by atoms with E-state index in [1.807, 2.05) is 0 Å². The van der Waals surface area contributed by atoms with Gasteiger partial charge in [-0.3, -0.25) is 24.5 Å². The molecule has 3 aliphatic rings. The van der Waals surface area contributed by atoms with Crippen molar-refractivity contribution in [3.63, 3.8) is 0 Å². The first-order valence-electron chi connectivity index (χ1n) is 23.5. The Labute approximate surface area is 376 Å². The van der Waals surface area contributed by atoms with Gasteiger partial charge >= 0.3 is 0 Å². The highest BCUT2D eigenvalue weighted by Crippen LogP contribution is 2.36. The lowest BCUT2D eigenvalue weighted by Crippen LogP contribution is -2.52. The topological polar surface area (TPSA) is 141 Å². The van der Waals surface area contributed by atoms with Crippen LogP contribution in [0.4, 0.5) is 5.82 Å². The molecule has 4 amide bonds. The van der Waals surface area contributed by atoms with E-state index in [4.69, 9.17) is 14.8 Å². The Balaban J connectivity index is 0.748. The molecule has 2 fully saturated rings.